The Labute approximate surface area is 119 Å². The Morgan fingerprint density at radius 3 is 2.60 bits per heavy atom. The number of carboxylic acids is 1. The number of aliphatic carboxylic acids is 1. The first kappa shape index (κ1) is 14.7. The van der Waals surface area contributed by atoms with Gasteiger partial charge in [-0.05, 0) is 36.5 Å². The number of methoxy groups -OCH3 is 1. The summed E-state index contributed by atoms with van der Waals surface area (Å²) >= 11 is 0. The lowest BCUT2D eigenvalue weighted by Gasteiger charge is -2.24. The topological polar surface area (TPSA) is 55.8 Å². The van der Waals surface area contributed by atoms with Crippen LogP contribution in [0.2, 0.25) is 0 Å². The molecule has 0 spiro atoms. The zero-order valence-corrected chi connectivity index (χ0v) is 12.3. The third kappa shape index (κ3) is 3.65. The van der Waals surface area contributed by atoms with E-state index in [0.717, 1.165) is 17.9 Å². The zero-order chi connectivity index (χ0) is 14.8. The molecule has 0 unspecified atom stereocenters. The highest BCUT2D eigenvalue weighted by Crippen LogP contribution is 2.36. The second kappa shape index (κ2) is 5.73. The Balaban J connectivity index is 2.16. The van der Waals surface area contributed by atoms with Gasteiger partial charge >= 0.3 is 5.97 Å². The molecule has 1 aromatic carbocycles. The lowest BCUT2D eigenvalue weighted by atomic mass is 9.81. The van der Waals surface area contributed by atoms with E-state index in [9.17, 15) is 4.79 Å². The molecule has 0 atom stereocenters. The molecule has 0 aromatic heterocycles. The highest BCUT2D eigenvalue weighted by Gasteiger charge is 2.26. The van der Waals surface area contributed by atoms with E-state index in [2.05, 4.69) is 0 Å². The van der Waals surface area contributed by atoms with Crippen molar-refractivity contribution >= 4 is 5.97 Å². The van der Waals surface area contributed by atoms with Crippen LogP contribution in [0, 0.1) is 5.92 Å². The molecular formula is C16H22O4. The van der Waals surface area contributed by atoms with Gasteiger partial charge in [0.2, 0.25) is 0 Å². The van der Waals surface area contributed by atoms with E-state index in [1.807, 2.05) is 32.0 Å². The molecule has 4 heteroatoms. The van der Waals surface area contributed by atoms with E-state index in [4.69, 9.17) is 14.6 Å². The van der Waals surface area contributed by atoms with Gasteiger partial charge in [-0.3, -0.25) is 4.79 Å². The molecule has 0 saturated heterocycles. The fourth-order valence-electron chi connectivity index (χ4n) is 2.18. The van der Waals surface area contributed by atoms with Gasteiger partial charge in [0, 0.05) is 5.41 Å². The van der Waals surface area contributed by atoms with Crippen LogP contribution in [0.4, 0.5) is 0 Å². The van der Waals surface area contributed by atoms with Crippen molar-refractivity contribution in [2.24, 2.45) is 5.92 Å². The Morgan fingerprint density at radius 1 is 1.35 bits per heavy atom. The summed E-state index contributed by atoms with van der Waals surface area (Å²) in [6.07, 6.45) is 2.57. The minimum atomic E-state index is -0.803. The van der Waals surface area contributed by atoms with Gasteiger partial charge in [-0.25, -0.2) is 0 Å². The van der Waals surface area contributed by atoms with Gasteiger partial charge in [0.25, 0.3) is 0 Å². The van der Waals surface area contributed by atoms with Crippen LogP contribution in [0.15, 0.2) is 18.2 Å². The Hall–Kier alpha value is -1.71. The summed E-state index contributed by atoms with van der Waals surface area (Å²) in [5.74, 6) is 1.28. The van der Waals surface area contributed by atoms with Crippen molar-refractivity contribution in [2.75, 3.05) is 13.7 Å². The normalized spacial score (nSPS) is 14.9. The zero-order valence-electron chi connectivity index (χ0n) is 12.3. The summed E-state index contributed by atoms with van der Waals surface area (Å²) in [6, 6.07) is 5.68. The van der Waals surface area contributed by atoms with Crippen molar-refractivity contribution in [3.05, 3.63) is 23.8 Å². The number of rotatable bonds is 7. The molecule has 0 bridgehead atoms. The molecule has 1 aliphatic carbocycles. The molecule has 20 heavy (non-hydrogen) atoms. The van der Waals surface area contributed by atoms with Crippen molar-refractivity contribution in [2.45, 2.75) is 38.5 Å². The molecule has 1 fully saturated rings. The third-order valence-corrected chi connectivity index (χ3v) is 3.71. The van der Waals surface area contributed by atoms with Crippen LogP contribution in [-0.2, 0) is 10.2 Å². The lowest BCUT2D eigenvalue weighted by Crippen LogP contribution is -2.21. The Morgan fingerprint density at radius 2 is 2.05 bits per heavy atom. The molecule has 0 radical (unpaired) electrons. The van der Waals surface area contributed by atoms with E-state index in [0.29, 0.717) is 11.7 Å². The SMILES string of the molecule is COc1cc(C(C)(C)CC(=O)O)ccc1OCC1CC1. The predicted molar refractivity (Wildman–Crippen MR) is 76.5 cm³/mol. The van der Waals surface area contributed by atoms with Gasteiger partial charge in [-0.2, -0.15) is 0 Å². The molecule has 1 saturated carbocycles. The number of hydrogen-bond acceptors (Lipinski definition) is 3. The first-order valence-corrected chi connectivity index (χ1v) is 6.95. The van der Waals surface area contributed by atoms with Crippen molar-refractivity contribution in [1.82, 2.24) is 0 Å². The largest absolute Gasteiger partial charge is 0.493 e. The van der Waals surface area contributed by atoms with Crippen LogP contribution < -0.4 is 9.47 Å². The highest BCUT2D eigenvalue weighted by molar-refractivity contribution is 5.69. The van der Waals surface area contributed by atoms with Crippen molar-refractivity contribution < 1.29 is 19.4 Å². The van der Waals surface area contributed by atoms with E-state index in [-0.39, 0.29) is 6.42 Å². The fraction of sp³-hybridized carbons (Fsp3) is 0.562. The third-order valence-electron chi connectivity index (χ3n) is 3.71. The van der Waals surface area contributed by atoms with Gasteiger partial charge in [-0.1, -0.05) is 19.9 Å². The molecule has 1 aromatic rings. The number of hydrogen-bond donors (Lipinski definition) is 1. The fourth-order valence-corrected chi connectivity index (χ4v) is 2.18. The van der Waals surface area contributed by atoms with Crippen LogP contribution in [0.1, 0.15) is 38.7 Å². The summed E-state index contributed by atoms with van der Waals surface area (Å²) in [4.78, 5) is 10.9. The quantitative estimate of drug-likeness (QED) is 0.832. The van der Waals surface area contributed by atoms with Crippen LogP contribution in [-0.4, -0.2) is 24.8 Å². The number of ether oxygens (including phenoxy) is 2. The van der Waals surface area contributed by atoms with Crippen LogP contribution in [0.25, 0.3) is 0 Å². The molecular weight excluding hydrogens is 256 g/mol. The molecule has 1 N–H and O–H groups in total. The van der Waals surface area contributed by atoms with Crippen LogP contribution >= 0.6 is 0 Å². The van der Waals surface area contributed by atoms with E-state index in [1.165, 1.54) is 12.8 Å². The molecule has 2 rings (SSSR count). The van der Waals surface area contributed by atoms with Gasteiger partial charge in [0.05, 0.1) is 20.1 Å². The van der Waals surface area contributed by atoms with E-state index in [1.54, 1.807) is 7.11 Å². The second-order valence-electron chi connectivity index (χ2n) is 6.07. The summed E-state index contributed by atoms with van der Waals surface area (Å²) in [6.45, 7) is 4.56. The average molecular weight is 278 g/mol. The van der Waals surface area contributed by atoms with E-state index < -0.39 is 11.4 Å². The first-order chi connectivity index (χ1) is 9.42. The monoisotopic (exact) mass is 278 g/mol. The van der Waals surface area contributed by atoms with Crippen LogP contribution in [0.5, 0.6) is 11.5 Å². The van der Waals surface area contributed by atoms with Gasteiger partial charge in [0.15, 0.2) is 11.5 Å². The van der Waals surface area contributed by atoms with Crippen LogP contribution in [0.3, 0.4) is 0 Å². The first-order valence-electron chi connectivity index (χ1n) is 6.95. The Kier molecular flexibility index (Phi) is 4.21. The molecule has 1 aliphatic rings. The van der Waals surface area contributed by atoms with Crippen molar-refractivity contribution in [3.8, 4) is 11.5 Å². The number of benzene rings is 1. The van der Waals surface area contributed by atoms with Crippen molar-refractivity contribution in [3.63, 3.8) is 0 Å². The minimum absolute atomic E-state index is 0.0818. The van der Waals surface area contributed by atoms with Gasteiger partial charge in [0.1, 0.15) is 0 Å². The van der Waals surface area contributed by atoms with E-state index >= 15 is 0 Å². The average Bonchev–Trinajstić information content (AvgIpc) is 3.18. The molecule has 0 heterocycles. The van der Waals surface area contributed by atoms with Crippen molar-refractivity contribution in [1.29, 1.82) is 0 Å². The summed E-state index contributed by atoms with van der Waals surface area (Å²) in [5, 5.41) is 8.99. The number of carbonyl (C=O) groups is 1. The predicted octanol–water partition coefficient (Wildman–Crippen LogP) is 3.24. The summed E-state index contributed by atoms with van der Waals surface area (Å²) in [5.41, 5.74) is 0.504. The lowest BCUT2D eigenvalue weighted by molar-refractivity contribution is -0.138. The summed E-state index contributed by atoms with van der Waals surface area (Å²) < 4.78 is 11.1. The highest BCUT2D eigenvalue weighted by atomic mass is 16.5. The molecule has 110 valence electrons. The standard InChI is InChI=1S/C16H22O4/c1-16(2,9-15(17)18)12-6-7-13(14(8-12)19-3)20-10-11-4-5-11/h6-8,11H,4-5,9-10H2,1-3H3,(H,17,18). The van der Waals surface area contributed by atoms with Gasteiger partial charge in [-0.15, -0.1) is 0 Å². The second-order valence-corrected chi connectivity index (χ2v) is 6.07. The maximum absolute atomic E-state index is 10.9. The molecule has 0 aliphatic heterocycles. The number of carboxylic acid groups (broad SMARTS) is 1. The molecule has 4 nitrogen and oxygen atoms in total. The smallest absolute Gasteiger partial charge is 0.304 e. The maximum atomic E-state index is 10.9. The summed E-state index contributed by atoms with van der Waals surface area (Å²) in [7, 11) is 1.60. The Bertz CT molecular complexity index is 489. The van der Waals surface area contributed by atoms with Gasteiger partial charge < -0.3 is 14.6 Å². The molecule has 0 amide bonds. The minimum Gasteiger partial charge on any atom is -0.493 e. The maximum Gasteiger partial charge on any atom is 0.304 e.